The highest BCUT2D eigenvalue weighted by atomic mass is 32.2. The largest absolute Gasteiger partial charge is 0.468 e. The van der Waals surface area contributed by atoms with E-state index in [1.54, 1.807) is 12.1 Å². The first kappa shape index (κ1) is 10.3. The molecule has 0 fully saturated rings. The van der Waals surface area contributed by atoms with Gasteiger partial charge in [-0.2, -0.15) is 0 Å². The second-order valence-corrected chi connectivity index (χ2v) is 5.64. The molecule has 0 saturated heterocycles. The van der Waals surface area contributed by atoms with Gasteiger partial charge in [-0.3, -0.25) is 0 Å². The van der Waals surface area contributed by atoms with Crippen LogP contribution in [-0.4, -0.2) is 14.2 Å². The van der Waals surface area contributed by atoms with Gasteiger partial charge in [0.25, 0.3) is 0 Å². The minimum Gasteiger partial charge on any atom is -0.468 e. The molecule has 0 unspecified atom stereocenters. The topological polar surface area (TPSA) is 47.3 Å². The van der Waals surface area contributed by atoms with Gasteiger partial charge in [0.2, 0.25) is 0 Å². The summed E-state index contributed by atoms with van der Waals surface area (Å²) in [5, 5.41) is 0. The summed E-state index contributed by atoms with van der Waals surface area (Å²) in [4.78, 5) is 0. The highest BCUT2D eigenvalue weighted by molar-refractivity contribution is 7.90. The van der Waals surface area contributed by atoms with Crippen LogP contribution in [0.4, 0.5) is 0 Å². The van der Waals surface area contributed by atoms with E-state index in [2.05, 4.69) is 0 Å². The van der Waals surface area contributed by atoms with Gasteiger partial charge in [0.15, 0.2) is 9.84 Å². The quantitative estimate of drug-likeness (QED) is 0.748. The lowest BCUT2D eigenvalue weighted by Crippen LogP contribution is -2.13. The van der Waals surface area contributed by atoms with E-state index in [-0.39, 0.29) is 17.4 Å². The van der Waals surface area contributed by atoms with Crippen molar-refractivity contribution >= 4 is 9.84 Å². The van der Waals surface area contributed by atoms with Gasteiger partial charge in [0, 0.05) is 0 Å². The van der Waals surface area contributed by atoms with Crippen LogP contribution in [0.15, 0.2) is 22.8 Å². The van der Waals surface area contributed by atoms with Crippen molar-refractivity contribution in [2.75, 3.05) is 5.75 Å². The summed E-state index contributed by atoms with van der Waals surface area (Å²) >= 11 is 0. The standard InChI is InChI=1S/C9H14O3S/c1-8(2)6-13(10,11)7-9-4-3-5-12-9/h3-5,8H,6-7H2,1-2H3. The van der Waals surface area contributed by atoms with E-state index < -0.39 is 9.84 Å². The Kier molecular flexibility index (Phi) is 3.14. The predicted molar refractivity (Wildman–Crippen MR) is 51.0 cm³/mol. The molecule has 74 valence electrons. The first-order chi connectivity index (χ1) is 5.99. The Labute approximate surface area is 78.7 Å². The number of hydrogen-bond acceptors (Lipinski definition) is 3. The molecular formula is C9H14O3S. The highest BCUT2D eigenvalue weighted by Gasteiger charge is 2.15. The fourth-order valence-electron chi connectivity index (χ4n) is 1.18. The fraction of sp³-hybridized carbons (Fsp3) is 0.556. The Morgan fingerprint density at radius 2 is 2.15 bits per heavy atom. The highest BCUT2D eigenvalue weighted by Crippen LogP contribution is 2.09. The molecule has 0 N–H and O–H groups in total. The average Bonchev–Trinajstić information content (AvgIpc) is 2.34. The van der Waals surface area contributed by atoms with Crippen molar-refractivity contribution in [2.24, 2.45) is 5.92 Å². The van der Waals surface area contributed by atoms with E-state index in [0.717, 1.165) is 0 Å². The van der Waals surface area contributed by atoms with Gasteiger partial charge >= 0.3 is 0 Å². The molecular weight excluding hydrogens is 188 g/mol. The lowest BCUT2D eigenvalue weighted by molar-refractivity contribution is 0.518. The maximum Gasteiger partial charge on any atom is 0.157 e. The Morgan fingerprint density at radius 3 is 2.62 bits per heavy atom. The van der Waals surface area contributed by atoms with Gasteiger partial charge in [-0.1, -0.05) is 13.8 Å². The summed E-state index contributed by atoms with van der Waals surface area (Å²) in [5.41, 5.74) is 0. The molecule has 3 nitrogen and oxygen atoms in total. The molecule has 0 bridgehead atoms. The lowest BCUT2D eigenvalue weighted by atomic mass is 10.3. The summed E-state index contributed by atoms with van der Waals surface area (Å²) in [7, 11) is -3.00. The summed E-state index contributed by atoms with van der Waals surface area (Å²) in [6.45, 7) is 3.78. The van der Waals surface area contributed by atoms with Gasteiger partial charge in [-0.05, 0) is 18.1 Å². The first-order valence-corrected chi connectivity index (χ1v) is 6.04. The zero-order chi connectivity index (χ0) is 9.90. The fourth-order valence-corrected chi connectivity index (χ4v) is 2.91. The first-order valence-electron chi connectivity index (χ1n) is 4.22. The maximum absolute atomic E-state index is 11.4. The van der Waals surface area contributed by atoms with Crippen LogP contribution < -0.4 is 0 Å². The molecule has 1 aromatic rings. The molecule has 0 aromatic carbocycles. The Balaban J connectivity index is 2.63. The molecule has 1 rings (SSSR count). The molecule has 0 aliphatic rings. The van der Waals surface area contributed by atoms with Crippen molar-refractivity contribution in [3.8, 4) is 0 Å². The number of hydrogen-bond donors (Lipinski definition) is 0. The molecule has 0 atom stereocenters. The minimum atomic E-state index is -3.00. The zero-order valence-electron chi connectivity index (χ0n) is 7.86. The van der Waals surface area contributed by atoms with Gasteiger partial charge in [0.1, 0.15) is 11.5 Å². The van der Waals surface area contributed by atoms with Gasteiger partial charge in [-0.25, -0.2) is 8.42 Å². The molecule has 0 aliphatic heterocycles. The maximum atomic E-state index is 11.4. The average molecular weight is 202 g/mol. The lowest BCUT2D eigenvalue weighted by Gasteiger charge is -2.04. The normalized spacial score (nSPS) is 12.2. The zero-order valence-corrected chi connectivity index (χ0v) is 8.67. The molecule has 0 saturated carbocycles. The van der Waals surface area contributed by atoms with Gasteiger partial charge < -0.3 is 4.42 Å². The number of furan rings is 1. The minimum absolute atomic E-state index is 0.0121. The summed E-state index contributed by atoms with van der Waals surface area (Å²) < 4.78 is 27.9. The van der Waals surface area contributed by atoms with Crippen molar-refractivity contribution in [1.82, 2.24) is 0 Å². The second-order valence-electron chi connectivity index (χ2n) is 3.53. The van der Waals surface area contributed by atoms with Crippen molar-refractivity contribution in [3.05, 3.63) is 24.2 Å². The van der Waals surface area contributed by atoms with E-state index in [0.29, 0.717) is 5.76 Å². The van der Waals surface area contributed by atoms with Crippen LogP contribution in [0.1, 0.15) is 19.6 Å². The van der Waals surface area contributed by atoms with Crippen molar-refractivity contribution < 1.29 is 12.8 Å². The van der Waals surface area contributed by atoms with Crippen molar-refractivity contribution in [3.63, 3.8) is 0 Å². The second kappa shape index (κ2) is 3.96. The molecule has 0 radical (unpaired) electrons. The SMILES string of the molecule is CC(C)CS(=O)(=O)Cc1ccco1. The van der Waals surface area contributed by atoms with Crippen LogP contribution in [0.3, 0.4) is 0 Å². The van der Waals surface area contributed by atoms with Gasteiger partial charge in [0.05, 0.1) is 12.0 Å². The van der Waals surface area contributed by atoms with E-state index in [1.807, 2.05) is 13.8 Å². The third kappa shape index (κ3) is 3.63. The van der Waals surface area contributed by atoms with Crippen molar-refractivity contribution in [2.45, 2.75) is 19.6 Å². The molecule has 13 heavy (non-hydrogen) atoms. The van der Waals surface area contributed by atoms with Crippen LogP contribution in [0.2, 0.25) is 0 Å². The molecule has 4 heteroatoms. The molecule has 1 heterocycles. The third-order valence-electron chi connectivity index (χ3n) is 1.53. The van der Waals surface area contributed by atoms with Crippen molar-refractivity contribution in [1.29, 1.82) is 0 Å². The summed E-state index contributed by atoms with van der Waals surface area (Å²) in [5.74, 6) is 0.909. The van der Waals surface area contributed by atoms with Crippen LogP contribution >= 0.6 is 0 Å². The Bertz CT molecular complexity index is 335. The molecule has 1 aromatic heterocycles. The third-order valence-corrected chi connectivity index (χ3v) is 3.43. The van der Waals surface area contributed by atoms with E-state index in [9.17, 15) is 8.42 Å². The predicted octanol–water partition coefficient (Wildman–Crippen LogP) is 1.85. The number of sulfone groups is 1. The van der Waals surface area contributed by atoms with Crippen LogP contribution in [-0.2, 0) is 15.6 Å². The van der Waals surface area contributed by atoms with Crippen LogP contribution in [0.5, 0.6) is 0 Å². The molecule has 0 aliphatic carbocycles. The van der Waals surface area contributed by atoms with E-state index in [4.69, 9.17) is 4.42 Å². The summed E-state index contributed by atoms with van der Waals surface area (Å²) in [6, 6.07) is 3.37. The van der Waals surface area contributed by atoms with Crippen LogP contribution in [0.25, 0.3) is 0 Å². The van der Waals surface area contributed by atoms with E-state index in [1.165, 1.54) is 6.26 Å². The molecule has 0 amide bonds. The summed E-state index contributed by atoms with van der Waals surface area (Å²) in [6.07, 6.45) is 1.49. The van der Waals surface area contributed by atoms with Gasteiger partial charge in [-0.15, -0.1) is 0 Å². The smallest absolute Gasteiger partial charge is 0.157 e. The monoisotopic (exact) mass is 202 g/mol. The Hall–Kier alpha value is -0.770. The molecule has 0 spiro atoms. The van der Waals surface area contributed by atoms with E-state index >= 15 is 0 Å². The number of rotatable bonds is 4. The Morgan fingerprint density at radius 1 is 1.46 bits per heavy atom. The van der Waals surface area contributed by atoms with Crippen LogP contribution in [0, 0.1) is 5.92 Å².